The van der Waals surface area contributed by atoms with Crippen molar-refractivity contribution >= 4 is 40.7 Å². The minimum atomic E-state index is -0.748. The van der Waals surface area contributed by atoms with Gasteiger partial charge >= 0.3 is 6.09 Å². The molecule has 0 spiro atoms. The molecule has 0 radical (unpaired) electrons. The fraction of sp³-hybridized carbons (Fsp3) is 0.500. The van der Waals surface area contributed by atoms with Gasteiger partial charge in [-0.05, 0) is 77.7 Å². The van der Waals surface area contributed by atoms with Gasteiger partial charge in [-0.2, -0.15) is 9.61 Å². The van der Waals surface area contributed by atoms with Gasteiger partial charge in [0.25, 0.3) is 0 Å². The third-order valence-corrected chi connectivity index (χ3v) is 6.93. The average molecular weight is 592 g/mol. The Morgan fingerprint density at radius 3 is 2.60 bits per heavy atom. The Bertz CT molecular complexity index is 1440. The molecule has 11 heteroatoms. The fourth-order valence-electron chi connectivity index (χ4n) is 4.74. The highest BCUT2D eigenvalue weighted by Gasteiger charge is 2.29. The summed E-state index contributed by atoms with van der Waals surface area (Å²) in [6.07, 6.45) is 6.48. The molecule has 3 heterocycles. The first-order chi connectivity index (χ1) is 20.4. The van der Waals surface area contributed by atoms with Gasteiger partial charge in [0.15, 0.2) is 5.65 Å². The number of aromatic nitrogens is 3. The molecule has 1 fully saturated rings. The zero-order valence-corrected chi connectivity index (χ0v) is 26.4. The van der Waals surface area contributed by atoms with Crippen molar-refractivity contribution in [3.05, 3.63) is 54.2 Å². The van der Waals surface area contributed by atoms with Crippen molar-refractivity contribution in [3.63, 3.8) is 0 Å². The number of nitrogens with zero attached hydrogens (tertiary/aromatic N) is 5. The van der Waals surface area contributed by atoms with Crippen LogP contribution < -0.4 is 15.5 Å². The van der Waals surface area contributed by atoms with E-state index in [1.807, 2.05) is 45.8 Å². The summed E-state index contributed by atoms with van der Waals surface area (Å²) in [5.74, 6) is 1.48. The molecule has 1 aliphatic heterocycles. The number of hydrogen-bond acceptors (Lipinski definition) is 8. The van der Waals surface area contributed by atoms with Crippen molar-refractivity contribution in [1.82, 2.24) is 19.5 Å². The fourth-order valence-corrected chi connectivity index (χ4v) is 4.74. The topological polar surface area (TPSA) is 113 Å². The Morgan fingerprint density at radius 1 is 1.19 bits per heavy atom. The molecule has 0 unspecified atom stereocenters. The number of amides is 2. The average Bonchev–Trinajstić information content (AvgIpc) is 3.36. The third-order valence-electron chi connectivity index (χ3n) is 6.93. The van der Waals surface area contributed by atoms with Gasteiger partial charge in [0.1, 0.15) is 17.2 Å². The number of carbonyl (C=O) groups is 2. The van der Waals surface area contributed by atoms with Gasteiger partial charge in [-0.1, -0.05) is 26.0 Å². The highest BCUT2D eigenvalue weighted by Crippen LogP contribution is 2.33. The molecule has 1 saturated heterocycles. The van der Waals surface area contributed by atoms with Crippen LogP contribution in [-0.4, -0.2) is 77.5 Å². The Kier molecular flexibility index (Phi) is 10.4. The number of benzene rings is 1. The lowest BCUT2D eigenvalue weighted by Crippen LogP contribution is -2.35. The second-order valence-electron chi connectivity index (χ2n) is 12.4. The standard InChI is InChI=1S/C32H45N7O4/c1-22(2)26-21-34-39-29(19-27(36-30(26)39)33-20-23-13-16-42-17-14-23)38(31(41)43-32(3,4)5)25-11-8-10-24(18-25)35-28(40)12-9-15-37(6)7/h8-12,18-19,21-23H,13-17,20H2,1-7H3,(H,33,36)(H,35,40)/b12-9+. The van der Waals surface area contributed by atoms with Crippen LogP contribution >= 0.6 is 0 Å². The van der Waals surface area contributed by atoms with Gasteiger partial charge in [-0.3, -0.25) is 4.79 Å². The quantitative estimate of drug-likeness (QED) is 0.284. The molecule has 1 aliphatic rings. The van der Waals surface area contributed by atoms with Crippen LogP contribution in [0.2, 0.25) is 0 Å². The first-order valence-corrected chi connectivity index (χ1v) is 14.9. The lowest BCUT2D eigenvalue weighted by molar-refractivity contribution is -0.111. The first-order valence-electron chi connectivity index (χ1n) is 14.9. The number of carbonyl (C=O) groups excluding carboxylic acids is 2. The molecule has 0 saturated carbocycles. The molecular formula is C32H45N7O4. The normalized spacial score (nSPS) is 14.5. The van der Waals surface area contributed by atoms with Crippen molar-refractivity contribution in [2.24, 2.45) is 5.92 Å². The van der Waals surface area contributed by atoms with Crippen molar-refractivity contribution < 1.29 is 19.1 Å². The summed E-state index contributed by atoms with van der Waals surface area (Å²) in [4.78, 5) is 34.9. The van der Waals surface area contributed by atoms with E-state index >= 15 is 0 Å². The smallest absolute Gasteiger partial charge is 0.420 e. The van der Waals surface area contributed by atoms with E-state index in [9.17, 15) is 9.59 Å². The SMILES string of the molecule is CC(C)c1cnn2c(N(C(=O)OC(C)(C)C)c3cccc(NC(=O)/C=C/CN(C)C)c3)cc(NCC3CCOCC3)nc12. The summed E-state index contributed by atoms with van der Waals surface area (Å²) in [5.41, 5.74) is 1.92. The maximum atomic E-state index is 13.9. The molecule has 2 amide bonds. The Hall–Kier alpha value is -3.96. The van der Waals surface area contributed by atoms with Crippen molar-refractivity contribution in [2.75, 3.05) is 55.9 Å². The maximum absolute atomic E-state index is 13.9. The van der Waals surface area contributed by atoms with Crippen LogP contribution in [0.1, 0.15) is 58.9 Å². The number of nitrogens with one attached hydrogen (secondary N) is 2. The molecule has 11 nitrogen and oxygen atoms in total. The molecular weight excluding hydrogens is 546 g/mol. The molecule has 0 atom stereocenters. The second kappa shape index (κ2) is 14.0. The maximum Gasteiger partial charge on any atom is 0.420 e. The highest BCUT2D eigenvalue weighted by molar-refractivity contribution is 6.01. The Morgan fingerprint density at radius 2 is 1.93 bits per heavy atom. The van der Waals surface area contributed by atoms with Crippen molar-refractivity contribution in [1.29, 1.82) is 0 Å². The lowest BCUT2D eigenvalue weighted by Gasteiger charge is -2.28. The minimum absolute atomic E-state index is 0.165. The number of anilines is 4. The Balaban J connectivity index is 1.77. The largest absolute Gasteiger partial charge is 0.443 e. The lowest BCUT2D eigenvalue weighted by atomic mass is 10.0. The number of likely N-dealkylation sites (N-methyl/N-ethyl adjacent to an activating group) is 1. The summed E-state index contributed by atoms with van der Waals surface area (Å²) >= 11 is 0. The molecule has 0 bridgehead atoms. The summed E-state index contributed by atoms with van der Waals surface area (Å²) in [5, 5.41) is 11.1. The third kappa shape index (κ3) is 8.77. The van der Waals surface area contributed by atoms with Crippen LogP contribution in [0, 0.1) is 5.92 Å². The molecule has 0 aliphatic carbocycles. The summed E-state index contributed by atoms with van der Waals surface area (Å²) in [7, 11) is 3.87. The monoisotopic (exact) mass is 591 g/mol. The summed E-state index contributed by atoms with van der Waals surface area (Å²) < 4.78 is 13.1. The zero-order valence-electron chi connectivity index (χ0n) is 26.4. The van der Waals surface area contributed by atoms with E-state index in [2.05, 4.69) is 29.6 Å². The van der Waals surface area contributed by atoms with E-state index in [4.69, 9.17) is 14.5 Å². The molecule has 232 valence electrons. The van der Waals surface area contributed by atoms with E-state index in [1.54, 1.807) is 41.1 Å². The van der Waals surface area contributed by atoms with Crippen LogP contribution in [0.5, 0.6) is 0 Å². The molecule has 2 aromatic heterocycles. The zero-order chi connectivity index (χ0) is 31.1. The van der Waals surface area contributed by atoms with Crippen LogP contribution in [0.4, 0.5) is 27.8 Å². The molecule has 43 heavy (non-hydrogen) atoms. The van der Waals surface area contributed by atoms with Crippen molar-refractivity contribution in [3.8, 4) is 0 Å². The summed E-state index contributed by atoms with van der Waals surface area (Å²) in [6, 6.07) is 8.94. The van der Waals surface area contributed by atoms with Crippen LogP contribution in [0.3, 0.4) is 0 Å². The van der Waals surface area contributed by atoms with E-state index in [1.165, 1.54) is 11.0 Å². The van der Waals surface area contributed by atoms with Crippen LogP contribution in [0.25, 0.3) is 5.65 Å². The number of hydrogen-bond donors (Lipinski definition) is 2. The predicted molar refractivity (Wildman–Crippen MR) is 170 cm³/mol. The van der Waals surface area contributed by atoms with Crippen LogP contribution in [0.15, 0.2) is 48.7 Å². The van der Waals surface area contributed by atoms with E-state index < -0.39 is 11.7 Å². The van der Waals surface area contributed by atoms with Gasteiger partial charge in [0.2, 0.25) is 5.91 Å². The summed E-state index contributed by atoms with van der Waals surface area (Å²) in [6.45, 7) is 12.6. The van der Waals surface area contributed by atoms with Gasteiger partial charge in [-0.25, -0.2) is 14.7 Å². The number of rotatable bonds is 10. The van der Waals surface area contributed by atoms with Gasteiger partial charge in [-0.15, -0.1) is 0 Å². The molecule has 1 aromatic carbocycles. The van der Waals surface area contributed by atoms with Gasteiger partial charge in [0, 0.05) is 49.7 Å². The number of fused-ring (bicyclic) bond motifs is 1. The first kappa shape index (κ1) is 32.0. The highest BCUT2D eigenvalue weighted by atomic mass is 16.6. The van der Waals surface area contributed by atoms with Crippen LogP contribution in [-0.2, 0) is 14.3 Å². The Labute approximate surface area is 254 Å². The van der Waals surface area contributed by atoms with E-state index in [0.717, 1.165) is 38.2 Å². The molecule has 2 N–H and O–H groups in total. The van der Waals surface area contributed by atoms with Gasteiger partial charge < -0.3 is 25.0 Å². The number of ether oxygens (including phenoxy) is 2. The minimum Gasteiger partial charge on any atom is -0.443 e. The molecule has 4 rings (SSSR count). The van der Waals surface area contributed by atoms with Gasteiger partial charge in [0.05, 0.1) is 11.9 Å². The van der Waals surface area contributed by atoms with Crippen molar-refractivity contribution in [2.45, 2.75) is 59.0 Å². The second-order valence-corrected chi connectivity index (χ2v) is 12.4. The van der Waals surface area contributed by atoms with E-state index in [0.29, 0.717) is 41.1 Å². The van der Waals surface area contributed by atoms with E-state index in [-0.39, 0.29) is 11.8 Å². The molecule has 3 aromatic rings. The predicted octanol–water partition coefficient (Wildman–Crippen LogP) is 5.82.